The van der Waals surface area contributed by atoms with Crippen LogP contribution >= 0.6 is 0 Å². The van der Waals surface area contributed by atoms with E-state index in [1.807, 2.05) is 0 Å². The van der Waals surface area contributed by atoms with Crippen LogP contribution in [0.1, 0.15) is 6.92 Å². The number of carboxylic acids is 2. The van der Waals surface area contributed by atoms with Gasteiger partial charge in [-0.1, -0.05) is 0 Å². The molecule has 0 aromatic heterocycles. The number of carbonyl (C=O) groups is 2. The molecule has 0 saturated carbocycles. The Hall–Kier alpha value is -1.22. The number of carboxylic acid groups (broad SMARTS) is 2. The zero-order valence-electron chi connectivity index (χ0n) is 8.46. The lowest BCUT2D eigenvalue weighted by Gasteiger charge is -2.08. The maximum atomic E-state index is 9.94. The number of nitrogens with two attached hydrogens (primary N) is 4. The van der Waals surface area contributed by atoms with E-state index in [0.717, 1.165) is 0 Å². The summed E-state index contributed by atoms with van der Waals surface area (Å²) in [4.78, 5) is 19.7. The van der Waals surface area contributed by atoms with Crippen molar-refractivity contribution in [1.29, 1.82) is 0 Å². The Morgan fingerprint density at radius 2 is 1.53 bits per heavy atom. The summed E-state index contributed by atoms with van der Waals surface area (Å²) in [7, 11) is 0. The molecule has 0 fully saturated rings. The molecule has 0 bridgehead atoms. The van der Waals surface area contributed by atoms with Crippen LogP contribution in [0.4, 0.5) is 0 Å². The fraction of sp³-hybridized carbons (Fsp3) is 0.714. The van der Waals surface area contributed by atoms with Crippen LogP contribution in [-0.4, -0.2) is 46.8 Å². The Balaban J connectivity index is 0. The lowest BCUT2D eigenvalue weighted by molar-refractivity contribution is -0.139. The first kappa shape index (κ1) is 16.2. The molecule has 2 unspecified atom stereocenters. The average Bonchev–Trinajstić information content (AvgIpc) is 2.15. The van der Waals surface area contributed by atoms with Crippen LogP contribution < -0.4 is 22.9 Å². The van der Waals surface area contributed by atoms with E-state index in [4.69, 9.17) is 33.1 Å². The highest BCUT2D eigenvalue weighted by Gasteiger charge is 2.14. The third kappa shape index (κ3) is 9.09. The zero-order valence-corrected chi connectivity index (χ0v) is 8.46. The summed E-state index contributed by atoms with van der Waals surface area (Å²) >= 11 is 0. The van der Waals surface area contributed by atoms with Crippen LogP contribution in [0.25, 0.3) is 0 Å². The van der Waals surface area contributed by atoms with Gasteiger partial charge in [-0.2, -0.15) is 0 Å². The summed E-state index contributed by atoms with van der Waals surface area (Å²) in [5.74, 6) is -2.11. The van der Waals surface area contributed by atoms with Crippen LogP contribution in [0.15, 0.2) is 0 Å². The monoisotopic (exact) mass is 222 g/mol. The van der Waals surface area contributed by atoms with Crippen molar-refractivity contribution in [2.45, 2.75) is 25.0 Å². The predicted molar refractivity (Wildman–Crippen MR) is 53.9 cm³/mol. The average molecular weight is 222 g/mol. The highest BCUT2D eigenvalue weighted by molar-refractivity contribution is 5.74. The largest absolute Gasteiger partial charge is 0.480 e. The van der Waals surface area contributed by atoms with Crippen molar-refractivity contribution in [1.82, 2.24) is 0 Å². The minimum atomic E-state index is -1.06. The molecule has 3 atom stereocenters. The van der Waals surface area contributed by atoms with E-state index in [-0.39, 0.29) is 6.54 Å². The molecular formula is C7H18N4O4. The SMILES string of the molecule is CC(N)[C@H](N)C(=O)O.NCC(N)C(=O)O. The molecule has 10 N–H and O–H groups in total. The summed E-state index contributed by atoms with van der Waals surface area (Å²) in [6.07, 6.45) is 0. The van der Waals surface area contributed by atoms with E-state index in [0.29, 0.717) is 0 Å². The fourth-order valence-electron chi connectivity index (χ4n) is 0.326. The summed E-state index contributed by atoms with van der Waals surface area (Å²) in [5, 5.41) is 16.1. The highest BCUT2D eigenvalue weighted by atomic mass is 16.4. The zero-order chi connectivity index (χ0) is 12.6. The van der Waals surface area contributed by atoms with Crippen molar-refractivity contribution in [2.24, 2.45) is 22.9 Å². The van der Waals surface area contributed by atoms with Crippen LogP contribution in [0, 0.1) is 0 Å². The summed E-state index contributed by atoms with van der Waals surface area (Å²) < 4.78 is 0. The molecule has 0 aromatic rings. The summed E-state index contributed by atoms with van der Waals surface area (Å²) in [5.41, 5.74) is 19.9. The smallest absolute Gasteiger partial charge is 0.322 e. The van der Waals surface area contributed by atoms with Crippen molar-refractivity contribution >= 4 is 11.9 Å². The van der Waals surface area contributed by atoms with Crippen LogP contribution in [0.3, 0.4) is 0 Å². The second kappa shape index (κ2) is 8.12. The van der Waals surface area contributed by atoms with Gasteiger partial charge in [-0.05, 0) is 6.92 Å². The molecule has 0 amide bonds. The molecule has 15 heavy (non-hydrogen) atoms. The first-order valence-electron chi connectivity index (χ1n) is 4.16. The number of hydrogen-bond acceptors (Lipinski definition) is 6. The molecule has 0 radical (unpaired) electrons. The minimum Gasteiger partial charge on any atom is -0.480 e. The van der Waals surface area contributed by atoms with Gasteiger partial charge in [0.25, 0.3) is 0 Å². The lowest BCUT2D eigenvalue weighted by atomic mass is 10.2. The van der Waals surface area contributed by atoms with Gasteiger partial charge in [-0.3, -0.25) is 9.59 Å². The number of rotatable bonds is 4. The number of hydrogen-bond donors (Lipinski definition) is 6. The second-order valence-electron chi connectivity index (χ2n) is 2.90. The van der Waals surface area contributed by atoms with Crippen molar-refractivity contribution in [3.8, 4) is 0 Å². The molecular weight excluding hydrogens is 204 g/mol. The van der Waals surface area contributed by atoms with Gasteiger partial charge in [0.1, 0.15) is 12.1 Å². The Labute approximate surface area is 87.2 Å². The van der Waals surface area contributed by atoms with Gasteiger partial charge in [0, 0.05) is 12.6 Å². The molecule has 0 aromatic carbocycles. The third-order valence-corrected chi connectivity index (χ3v) is 1.42. The molecule has 0 spiro atoms. The molecule has 8 nitrogen and oxygen atoms in total. The topological polar surface area (TPSA) is 179 Å². The van der Waals surface area contributed by atoms with Crippen molar-refractivity contribution in [3.05, 3.63) is 0 Å². The van der Waals surface area contributed by atoms with E-state index >= 15 is 0 Å². The maximum Gasteiger partial charge on any atom is 0.322 e. The Bertz CT molecular complexity index is 209. The standard InChI is InChI=1S/C4H10N2O2.C3H8N2O2/c1-2(5)3(6)4(7)8;4-1-2(5)3(6)7/h2-3H,5-6H2,1H3,(H,7,8);2H,1,4-5H2,(H,6,7)/t2?,3-;/m0./s1. The van der Waals surface area contributed by atoms with Gasteiger partial charge >= 0.3 is 11.9 Å². The fourth-order valence-corrected chi connectivity index (χ4v) is 0.326. The Morgan fingerprint density at radius 1 is 1.13 bits per heavy atom. The quantitative estimate of drug-likeness (QED) is 0.293. The maximum absolute atomic E-state index is 9.94. The van der Waals surface area contributed by atoms with Gasteiger partial charge in [-0.15, -0.1) is 0 Å². The lowest BCUT2D eigenvalue weighted by Crippen LogP contribution is -2.44. The van der Waals surface area contributed by atoms with E-state index in [1.165, 1.54) is 0 Å². The van der Waals surface area contributed by atoms with E-state index in [2.05, 4.69) is 0 Å². The van der Waals surface area contributed by atoms with Gasteiger partial charge in [-0.25, -0.2) is 0 Å². The molecule has 90 valence electrons. The number of aliphatic carboxylic acids is 2. The van der Waals surface area contributed by atoms with Crippen molar-refractivity contribution in [3.63, 3.8) is 0 Å². The van der Waals surface area contributed by atoms with E-state index < -0.39 is 30.1 Å². The normalized spacial score (nSPS) is 15.5. The Morgan fingerprint density at radius 3 is 1.53 bits per heavy atom. The van der Waals surface area contributed by atoms with Gasteiger partial charge < -0.3 is 33.1 Å². The predicted octanol–water partition coefficient (Wildman–Crippen LogP) is -2.90. The molecule has 0 heterocycles. The van der Waals surface area contributed by atoms with Crippen molar-refractivity contribution < 1.29 is 19.8 Å². The molecule has 0 saturated heterocycles. The van der Waals surface area contributed by atoms with E-state index in [9.17, 15) is 9.59 Å². The summed E-state index contributed by atoms with van der Waals surface area (Å²) in [6.45, 7) is 1.55. The molecule has 0 aliphatic rings. The molecule has 0 aliphatic heterocycles. The third-order valence-electron chi connectivity index (χ3n) is 1.42. The second-order valence-corrected chi connectivity index (χ2v) is 2.90. The van der Waals surface area contributed by atoms with Crippen molar-refractivity contribution in [2.75, 3.05) is 6.54 Å². The molecule has 8 heteroatoms. The first-order chi connectivity index (χ1) is 6.73. The van der Waals surface area contributed by atoms with Crippen LogP contribution in [0.5, 0.6) is 0 Å². The van der Waals surface area contributed by atoms with Crippen LogP contribution in [-0.2, 0) is 9.59 Å². The highest BCUT2D eigenvalue weighted by Crippen LogP contribution is 1.82. The summed E-state index contributed by atoms with van der Waals surface area (Å²) in [6, 6.07) is -2.32. The molecule has 0 aliphatic carbocycles. The first-order valence-corrected chi connectivity index (χ1v) is 4.16. The van der Waals surface area contributed by atoms with E-state index in [1.54, 1.807) is 6.92 Å². The van der Waals surface area contributed by atoms with Gasteiger partial charge in [0.15, 0.2) is 0 Å². The Kier molecular flexibility index (Phi) is 8.78. The van der Waals surface area contributed by atoms with Crippen LogP contribution in [0.2, 0.25) is 0 Å². The minimum absolute atomic E-state index is 0.00463. The van der Waals surface area contributed by atoms with Gasteiger partial charge in [0.05, 0.1) is 0 Å². The molecule has 0 rings (SSSR count). The van der Waals surface area contributed by atoms with Gasteiger partial charge in [0.2, 0.25) is 0 Å².